The van der Waals surface area contributed by atoms with Gasteiger partial charge in [0.2, 0.25) is 0 Å². The molecular formula is C15H15N3. The van der Waals surface area contributed by atoms with Crippen LogP contribution in [0.1, 0.15) is 16.8 Å². The van der Waals surface area contributed by atoms with Crippen LogP contribution in [0.15, 0.2) is 36.4 Å². The molecule has 2 aromatic rings. The first-order valence-electron chi connectivity index (χ1n) is 5.80. The molecule has 0 radical (unpaired) electrons. The molecule has 0 amide bonds. The maximum absolute atomic E-state index is 9.00. The van der Waals surface area contributed by atoms with E-state index in [4.69, 9.17) is 5.26 Å². The molecule has 0 N–H and O–H groups in total. The molecule has 3 heteroatoms. The van der Waals surface area contributed by atoms with Crippen LogP contribution in [0.25, 0.3) is 0 Å². The van der Waals surface area contributed by atoms with E-state index in [9.17, 15) is 0 Å². The molecule has 0 spiro atoms. The molecule has 0 unspecified atom stereocenters. The Morgan fingerprint density at radius 3 is 2.56 bits per heavy atom. The SMILES string of the molecule is Cc1cc(C#N)cc(N(C)c2ccccc2C)n1. The van der Waals surface area contributed by atoms with Gasteiger partial charge in [0.15, 0.2) is 0 Å². The lowest BCUT2D eigenvalue weighted by Crippen LogP contribution is -2.13. The Bertz CT molecular complexity index is 611. The third-order valence-electron chi connectivity index (χ3n) is 2.89. The molecule has 2 rings (SSSR count). The average Bonchev–Trinajstić information content (AvgIpc) is 2.37. The molecular weight excluding hydrogens is 222 g/mol. The largest absolute Gasteiger partial charge is 0.329 e. The summed E-state index contributed by atoms with van der Waals surface area (Å²) >= 11 is 0. The highest BCUT2D eigenvalue weighted by atomic mass is 15.2. The lowest BCUT2D eigenvalue weighted by Gasteiger charge is -2.21. The summed E-state index contributed by atoms with van der Waals surface area (Å²) in [5.41, 5.74) is 3.77. The van der Waals surface area contributed by atoms with Gasteiger partial charge in [-0.1, -0.05) is 18.2 Å². The van der Waals surface area contributed by atoms with Crippen LogP contribution in [0.4, 0.5) is 11.5 Å². The van der Waals surface area contributed by atoms with Gasteiger partial charge < -0.3 is 4.90 Å². The van der Waals surface area contributed by atoms with E-state index in [1.54, 1.807) is 12.1 Å². The van der Waals surface area contributed by atoms with Crippen molar-refractivity contribution in [3.63, 3.8) is 0 Å². The quantitative estimate of drug-likeness (QED) is 0.804. The van der Waals surface area contributed by atoms with Crippen LogP contribution >= 0.6 is 0 Å². The minimum Gasteiger partial charge on any atom is -0.329 e. The smallest absolute Gasteiger partial charge is 0.134 e. The molecule has 0 saturated heterocycles. The number of aryl methyl sites for hydroxylation is 2. The monoisotopic (exact) mass is 237 g/mol. The predicted molar refractivity (Wildman–Crippen MR) is 72.9 cm³/mol. The van der Waals surface area contributed by atoms with Crippen LogP contribution in [-0.4, -0.2) is 12.0 Å². The fourth-order valence-corrected chi connectivity index (χ4v) is 1.95. The number of anilines is 2. The van der Waals surface area contributed by atoms with Crippen LogP contribution in [0.3, 0.4) is 0 Å². The zero-order valence-electron chi connectivity index (χ0n) is 10.8. The van der Waals surface area contributed by atoms with E-state index in [0.717, 1.165) is 17.2 Å². The first-order valence-corrected chi connectivity index (χ1v) is 5.80. The highest BCUT2D eigenvalue weighted by Gasteiger charge is 2.09. The fourth-order valence-electron chi connectivity index (χ4n) is 1.95. The Hall–Kier alpha value is -2.34. The van der Waals surface area contributed by atoms with Crippen molar-refractivity contribution in [3.8, 4) is 6.07 Å². The summed E-state index contributed by atoms with van der Waals surface area (Å²) in [7, 11) is 1.96. The fraction of sp³-hybridized carbons (Fsp3) is 0.200. The molecule has 1 aromatic carbocycles. The van der Waals surface area contributed by atoms with Gasteiger partial charge in [-0.3, -0.25) is 0 Å². The molecule has 0 aliphatic heterocycles. The topological polar surface area (TPSA) is 39.9 Å². The number of benzene rings is 1. The van der Waals surface area contributed by atoms with Crippen LogP contribution < -0.4 is 4.90 Å². The van der Waals surface area contributed by atoms with Crippen molar-refractivity contribution < 1.29 is 0 Å². The molecule has 0 saturated carbocycles. The molecule has 0 bridgehead atoms. The number of para-hydroxylation sites is 1. The highest BCUT2D eigenvalue weighted by Crippen LogP contribution is 2.25. The second-order valence-electron chi connectivity index (χ2n) is 4.31. The maximum atomic E-state index is 9.00. The molecule has 18 heavy (non-hydrogen) atoms. The normalized spacial score (nSPS) is 9.89. The van der Waals surface area contributed by atoms with E-state index in [1.165, 1.54) is 5.56 Å². The van der Waals surface area contributed by atoms with Gasteiger partial charge in [-0.2, -0.15) is 5.26 Å². The van der Waals surface area contributed by atoms with E-state index in [-0.39, 0.29) is 0 Å². The van der Waals surface area contributed by atoms with Crippen LogP contribution in [0, 0.1) is 25.2 Å². The minimum atomic E-state index is 0.637. The predicted octanol–water partition coefficient (Wildman–Crippen LogP) is 3.34. The highest BCUT2D eigenvalue weighted by molar-refractivity contribution is 5.64. The second kappa shape index (κ2) is 4.89. The zero-order valence-corrected chi connectivity index (χ0v) is 10.8. The van der Waals surface area contributed by atoms with E-state index in [0.29, 0.717) is 5.56 Å². The van der Waals surface area contributed by atoms with Gasteiger partial charge in [0, 0.05) is 18.4 Å². The van der Waals surface area contributed by atoms with Crippen molar-refractivity contribution in [2.75, 3.05) is 11.9 Å². The van der Waals surface area contributed by atoms with Gasteiger partial charge >= 0.3 is 0 Å². The lowest BCUT2D eigenvalue weighted by atomic mass is 10.1. The van der Waals surface area contributed by atoms with Gasteiger partial charge in [-0.15, -0.1) is 0 Å². The lowest BCUT2D eigenvalue weighted by molar-refractivity contribution is 1.08. The Morgan fingerprint density at radius 2 is 1.89 bits per heavy atom. The zero-order chi connectivity index (χ0) is 13.1. The van der Waals surface area contributed by atoms with Crippen molar-refractivity contribution in [2.24, 2.45) is 0 Å². The van der Waals surface area contributed by atoms with E-state index >= 15 is 0 Å². The van der Waals surface area contributed by atoms with Gasteiger partial charge in [0.1, 0.15) is 5.82 Å². The Morgan fingerprint density at radius 1 is 1.17 bits per heavy atom. The molecule has 0 fully saturated rings. The number of hydrogen-bond donors (Lipinski definition) is 0. The summed E-state index contributed by atoms with van der Waals surface area (Å²) in [6.07, 6.45) is 0. The van der Waals surface area contributed by atoms with Gasteiger partial charge in [-0.25, -0.2) is 4.98 Å². The number of aromatic nitrogens is 1. The first kappa shape index (κ1) is 12.1. The van der Waals surface area contributed by atoms with Crippen LogP contribution in [-0.2, 0) is 0 Å². The van der Waals surface area contributed by atoms with E-state index < -0.39 is 0 Å². The second-order valence-corrected chi connectivity index (χ2v) is 4.31. The Labute approximate surface area is 107 Å². The average molecular weight is 237 g/mol. The number of nitriles is 1. The van der Waals surface area contributed by atoms with Crippen molar-refractivity contribution in [1.29, 1.82) is 5.26 Å². The van der Waals surface area contributed by atoms with E-state index in [2.05, 4.69) is 24.0 Å². The number of hydrogen-bond acceptors (Lipinski definition) is 3. The first-order chi connectivity index (χ1) is 8.61. The Kier molecular flexibility index (Phi) is 3.29. The molecule has 1 heterocycles. The standard InChI is InChI=1S/C15H15N3/c1-11-6-4-5-7-14(11)18(3)15-9-13(10-16)8-12(2)17-15/h4-9H,1-3H3. The summed E-state index contributed by atoms with van der Waals surface area (Å²) < 4.78 is 0. The third kappa shape index (κ3) is 2.33. The van der Waals surface area contributed by atoms with Crippen LogP contribution in [0.2, 0.25) is 0 Å². The summed E-state index contributed by atoms with van der Waals surface area (Å²) in [5.74, 6) is 0.792. The van der Waals surface area contributed by atoms with Crippen molar-refractivity contribution in [1.82, 2.24) is 4.98 Å². The van der Waals surface area contributed by atoms with Gasteiger partial charge in [0.05, 0.1) is 11.6 Å². The van der Waals surface area contributed by atoms with E-state index in [1.807, 2.05) is 37.1 Å². The van der Waals surface area contributed by atoms with Crippen molar-refractivity contribution in [2.45, 2.75) is 13.8 Å². The molecule has 0 aliphatic carbocycles. The summed E-state index contributed by atoms with van der Waals surface area (Å²) in [6.45, 7) is 3.96. The van der Waals surface area contributed by atoms with Crippen LogP contribution in [0.5, 0.6) is 0 Å². The summed E-state index contributed by atoms with van der Waals surface area (Å²) in [4.78, 5) is 6.48. The number of rotatable bonds is 2. The third-order valence-corrected chi connectivity index (χ3v) is 2.89. The van der Waals surface area contributed by atoms with Gasteiger partial charge in [0.25, 0.3) is 0 Å². The molecule has 0 atom stereocenters. The van der Waals surface area contributed by atoms with Gasteiger partial charge in [-0.05, 0) is 37.6 Å². The number of nitrogens with zero attached hydrogens (tertiary/aromatic N) is 3. The minimum absolute atomic E-state index is 0.637. The number of pyridine rings is 1. The van der Waals surface area contributed by atoms with Crippen molar-refractivity contribution in [3.05, 3.63) is 53.2 Å². The molecule has 90 valence electrons. The van der Waals surface area contributed by atoms with Crippen molar-refractivity contribution >= 4 is 11.5 Å². The summed E-state index contributed by atoms with van der Waals surface area (Å²) in [6, 6.07) is 13.9. The molecule has 1 aromatic heterocycles. The Balaban J connectivity index is 2.47. The maximum Gasteiger partial charge on any atom is 0.134 e. The summed E-state index contributed by atoms with van der Waals surface area (Å²) in [5, 5.41) is 9.00. The molecule has 3 nitrogen and oxygen atoms in total. The molecule has 0 aliphatic rings.